The van der Waals surface area contributed by atoms with Crippen molar-refractivity contribution >= 4 is 5.97 Å². The fraction of sp³-hybridized carbons (Fsp3) is 0.938. The van der Waals surface area contributed by atoms with E-state index < -0.39 is 11.5 Å². The maximum Gasteiger partial charge on any atom is 0.323 e. The molecule has 4 nitrogen and oxygen atoms in total. The molecule has 3 atom stereocenters. The van der Waals surface area contributed by atoms with Crippen LogP contribution in [0.4, 0.5) is 0 Å². The van der Waals surface area contributed by atoms with Gasteiger partial charge < -0.3 is 10.0 Å². The van der Waals surface area contributed by atoms with Crippen molar-refractivity contribution in [3.63, 3.8) is 0 Å². The quantitative estimate of drug-likeness (QED) is 0.672. The second-order valence-corrected chi connectivity index (χ2v) is 7.20. The maximum atomic E-state index is 11.5. The van der Waals surface area contributed by atoms with Crippen molar-refractivity contribution in [2.45, 2.75) is 76.9 Å². The van der Waals surface area contributed by atoms with Gasteiger partial charge in [-0.2, -0.15) is 0 Å². The highest BCUT2D eigenvalue weighted by Crippen LogP contribution is 2.26. The lowest BCUT2D eigenvalue weighted by Crippen LogP contribution is -2.50. The number of unbranched alkanes of at least 4 members (excludes halogenated alkanes) is 1. The van der Waals surface area contributed by atoms with Crippen molar-refractivity contribution < 1.29 is 9.90 Å². The molecule has 1 saturated heterocycles. The Hall–Kier alpha value is -0.610. The average Bonchev–Trinajstić information content (AvgIpc) is 3.10. The third-order valence-corrected chi connectivity index (χ3v) is 4.86. The van der Waals surface area contributed by atoms with Gasteiger partial charge in [-0.1, -0.05) is 6.92 Å². The first-order chi connectivity index (χ1) is 9.40. The van der Waals surface area contributed by atoms with Crippen LogP contribution < -0.4 is 5.32 Å². The largest absolute Gasteiger partial charge is 0.480 e. The summed E-state index contributed by atoms with van der Waals surface area (Å²) in [7, 11) is 0. The van der Waals surface area contributed by atoms with E-state index in [2.05, 4.69) is 24.1 Å². The summed E-state index contributed by atoms with van der Waals surface area (Å²) >= 11 is 0. The first-order valence-corrected chi connectivity index (χ1v) is 8.16. The molecule has 20 heavy (non-hydrogen) atoms. The summed E-state index contributed by atoms with van der Waals surface area (Å²) in [6.45, 7) is 8.79. The van der Waals surface area contributed by atoms with Crippen molar-refractivity contribution in [3.05, 3.63) is 0 Å². The molecule has 2 N–H and O–H groups in total. The van der Waals surface area contributed by atoms with Gasteiger partial charge in [0.05, 0.1) is 0 Å². The standard InChI is InChI=1S/C16H30N2O2/c1-12-10-13(2)18(11-12)9-5-4-8-16(3,15(19)20)17-14-6-7-14/h12-14,17H,4-11H2,1-3H3,(H,19,20). The molecule has 2 rings (SSSR count). The summed E-state index contributed by atoms with van der Waals surface area (Å²) in [5.41, 5.74) is -0.731. The summed E-state index contributed by atoms with van der Waals surface area (Å²) in [6, 6.07) is 1.14. The molecule has 0 aromatic heterocycles. The molecular weight excluding hydrogens is 252 g/mol. The predicted molar refractivity (Wildman–Crippen MR) is 80.9 cm³/mol. The smallest absolute Gasteiger partial charge is 0.323 e. The van der Waals surface area contributed by atoms with E-state index in [1.807, 2.05) is 6.92 Å². The van der Waals surface area contributed by atoms with Crippen molar-refractivity contribution in [1.82, 2.24) is 10.2 Å². The van der Waals surface area contributed by atoms with Crippen LogP contribution in [0.15, 0.2) is 0 Å². The zero-order valence-corrected chi connectivity index (χ0v) is 13.2. The molecule has 2 aliphatic rings. The number of carboxylic acid groups (broad SMARTS) is 1. The lowest BCUT2D eigenvalue weighted by atomic mass is 9.94. The van der Waals surface area contributed by atoms with Crippen molar-refractivity contribution in [3.8, 4) is 0 Å². The molecule has 1 saturated carbocycles. The summed E-state index contributed by atoms with van der Waals surface area (Å²) in [5, 5.41) is 12.7. The maximum absolute atomic E-state index is 11.5. The number of carboxylic acids is 1. The molecule has 0 bridgehead atoms. The lowest BCUT2D eigenvalue weighted by Gasteiger charge is -2.27. The van der Waals surface area contributed by atoms with Crippen LogP contribution in [-0.2, 0) is 4.79 Å². The minimum Gasteiger partial charge on any atom is -0.480 e. The van der Waals surface area contributed by atoms with Gasteiger partial charge >= 0.3 is 5.97 Å². The topological polar surface area (TPSA) is 52.6 Å². The minimum absolute atomic E-state index is 0.440. The van der Waals surface area contributed by atoms with E-state index in [0.717, 1.165) is 44.6 Å². The highest BCUT2D eigenvalue weighted by atomic mass is 16.4. The number of hydrogen-bond acceptors (Lipinski definition) is 3. The van der Waals surface area contributed by atoms with E-state index in [1.54, 1.807) is 0 Å². The van der Waals surface area contributed by atoms with Gasteiger partial charge in [-0.15, -0.1) is 0 Å². The number of rotatable bonds is 8. The highest BCUT2D eigenvalue weighted by molar-refractivity contribution is 5.78. The van der Waals surface area contributed by atoms with E-state index in [1.165, 1.54) is 13.0 Å². The molecule has 3 unspecified atom stereocenters. The van der Waals surface area contributed by atoms with E-state index in [4.69, 9.17) is 0 Å². The Balaban J connectivity index is 1.69. The lowest BCUT2D eigenvalue weighted by molar-refractivity contribution is -0.144. The molecule has 0 spiro atoms. The second kappa shape index (κ2) is 6.44. The Morgan fingerprint density at radius 2 is 2.05 bits per heavy atom. The minimum atomic E-state index is -0.731. The van der Waals surface area contributed by atoms with Gasteiger partial charge in [0.15, 0.2) is 0 Å². The fourth-order valence-corrected chi connectivity index (χ4v) is 3.41. The molecule has 1 aliphatic heterocycles. The predicted octanol–water partition coefficient (Wildman–Crippen LogP) is 2.48. The number of nitrogens with one attached hydrogen (secondary N) is 1. The van der Waals surface area contributed by atoms with E-state index in [0.29, 0.717) is 12.1 Å². The summed E-state index contributed by atoms with van der Waals surface area (Å²) in [6.07, 6.45) is 6.39. The Morgan fingerprint density at radius 3 is 2.55 bits per heavy atom. The van der Waals surface area contributed by atoms with Gasteiger partial charge in [-0.25, -0.2) is 0 Å². The number of nitrogens with zero attached hydrogens (tertiary/aromatic N) is 1. The third-order valence-electron chi connectivity index (χ3n) is 4.86. The summed E-state index contributed by atoms with van der Waals surface area (Å²) in [4.78, 5) is 14.0. The third kappa shape index (κ3) is 4.19. The molecule has 1 heterocycles. The number of carbonyl (C=O) groups is 1. The monoisotopic (exact) mass is 282 g/mol. The van der Waals surface area contributed by atoms with Crippen LogP contribution in [0.2, 0.25) is 0 Å². The van der Waals surface area contributed by atoms with Gasteiger partial charge in [0, 0.05) is 18.6 Å². The molecule has 2 fully saturated rings. The zero-order chi connectivity index (χ0) is 14.8. The Kier molecular flexibility index (Phi) is 5.08. The van der Waals surface area contributed by atoms with Crippen molar-refractivity contribution in [2.24, 2.45) is 5.92 Å². The van der Waals surface area contributed by atoms with Gasteiger partial charge in [0.25, 0.3) is 0 Å². The van der Waals surface area contributed by atoms with Crippen molar-refractivity contribution in [2.75, 3.05) is 13.1 Å². The Morgan fingerprint density at radius 1 is 1.35 bits per heavy atom. The fourth-order valence-electron chi connectivity index (χ4n) is 3.41. The Bertz CT molecular complexity index is 343. The number of likely N-dealkylation sites (tertiary alicyclic amines) is 1. The normalized spacial score (nSPS) is 30.4. The number of hydrogen-bond donors (Lipinski definition) is 2. The molecule has 4 heteroatoms. The van der Waals surface area contributed by atoms with Gasteiger partial charge in [0.2, 0.25) is 0 Å². The summed E-state index contributed by atoms with van der Waals surface area (Å²) in [5.74, 6) is 0.110. The molecule has 0 amide bonds. The molecule has 0 aromatic carbocycles. The van der Waals surface area contributed by atoms with Gasteiger partial charge in [-0.3, -0.25) is 10.1 Å². The average molecular weight is 282 g/mol. The molecule has 116 valence electrons. The van der Waals surface area contributed by atoms with Gasteiger partial charge in [0.1, 0.15) is 5.54 Å². The first kappa shape index (κ1) is 15.8. The van der Waals surface area contributed by atoms with Crippen LogP contribution in [-0.4, -0.2) is 46.7 Å². The highest BCUT2D eigenvalue weighted by Gasteiger charge is 2.37. The van der Waals surface area contributed by atoms with E-state index in [-0.39, 0.29) is 0 Å². The van der Waals surface area contributed by atoms with Crippen LogP contribution in [0, 0.1) is 5.92 Å². The molecular formula is C16H30N2O2. The van der Waals surface area contributed by atoms with Crippen LogP contribution in [0.3, 0.4) is 0 Å². The van der Waals surface area contributed by atoms with Crippen LogP contribution in [0.1, 0.15) is 59.3 Å². The van der Waals surface area contributed by atoms with Crippen molar-refractivity contribution in [1.29, 1.82) is 0 Å². The Labute approximate surface area is 122 Å². The van der Waals surface area contributed by atoms with Gasteiger partial charge in [-0.05, 0) is 64.8 Å². The van der Waals surface area contributed by atoms with Crippen LogP contribution in [0.25, 0.3) is 0 Å². The van der Waals surface area contributed by atoms with E-state index in [9.17, 15) is 9.90 Å². The van der Waals surface area contributed by atoms with Crippen LogP contribution in [0.5, 0.6) is 0 Å². The SMILES string of the molecule is CC1CC(C)N(CCCCC(C)(NC2CC2)C(=O)O)C1. The number of aliphatic carboxylic acids is 1. The summed E-state index contributed by atoms with van der Waals surface area (Å²) < 4.78 is 0. The van der Waals surface area contributed by atoms with Crippen LogP contribution >= 0.6 is 0 Å². The zero-order valence-electron chi connectivity index (χ0n) is 13.2. The first-order valence-electron chi connectivity index (χ1n) is 8.16. The second-order valence-electron chi connectivity index (χ2n) is 7.20. The molecule has 0 radical (unpaired) electrons. The molecule has 0 aromatic rings. The molecule has 1 aliphatic carbocycles. The van der Waals surface area contributed by atoms with E-state index >= 15 is 0 Å².